The molecule has 10 N–H and O–H groups in total. The van der Waals surface area contributed by atoms with E-state index in [0.717, 1.165) is 17.2 Å². The molecule has 0 bridgehead atoms. The summed E-state index contributed by atoms with van der Waals surface area (Å²) in [7, 11) is -8.36. The van der Waals surface area contributed by atoms with E-state index in [-0.39, 0.29) is 39.9 Å². The summed E-state index contributed by atoms with van der Waals surface area (Å²) in [6.07, 6.45) is -9.65. The molecule has 46 heavy (non-hydrogen) atoms. The van der Waals surface area contributed by atoms with E-state index in [0.29, 0.717) is 0 Å². The minimum Gasteiger partial charge on any atom is -0.394 e. The minimum atomic E-state index is -5.19. The highest BCUT2D eigenvalue weighted by Crippen LogP contribution is 2.51. The van der Waals surface area contributed by atoms with Gasteiger partial charge in [0.2, 0.25) is 14.0 Å². The van der Waals surface area contributed by atoms with Crippen molar-refractivity contribution in [3.8, 4) is 0 Å². The highest BCUT2D eigenvalue weighted by atomic mass is 31.2. The van der Waals surface area contributed by atoms with Crippen molar-refractivity contribution >= 4 is 55.8 Å². The average molecular weight is 691 g/mol. The summed E-state index contributed by atoms with van der Waals surface area (Å²) in [6.45, 7) is -1.61. The molecule has 6 unspecified atom stereocenters. The van der Waals surface area contributed by atoms with Crippen LogP contribution in [-0.2, 0) is 32.4 Å². The Morgan fingerprint density at radius 1 is 0.978 bits per heavy atom. The number of anilines is 3. The van der Waals surface area contributed by atoms with Gasteiger partial charge in [-0.25, -0.2) is 28.9 Å². The molecule has 10 atom stereocenters. The second-order valence-electron chi connectivity index (χ2n) is 10.1. The van der Waals surface area contributed by atoms with E-state index in [1.807, 2.05) is 0 Å². The number of imidazole rings is 2. The minimum absolute atomic E-state index is 0.00956. The van der Waals surface area contributed by atoms with Crippen LogP contribution >= 0.6 is 15.9 Å². The standard InChI is InChI=1S/C21H28FN11O11P2/c22-9-7(1-34)42-20(33-5-29-11-16(24)30-21(25)31-18(11)33)14(9)44-46(38,39)41-2-8-13(40-6-45(36)37)12(35)19(43-8)32-4-28-10-15(23)26-3-27-17(10)32/h3-5,7-9,12-14,19-20,34-35,45H,1-2,6H2,(H,36,37)(H,38,39)(H2,23,26,27)(H4,24,25,30,31)/t7-,8-,9?,12?,13?,14?,19-,20-/m1/s1. The van der Waals surface area contributed by atoms with Crippen LogP contribution in [0.4, 0.5) is 22.0 Å². The Morgan fingerprint density at radius 2 is 1.65 bits per heavy atom. The highest BCUT2D eigenvalue weighted by Gasteiger charge is 2.52. The number of hydrogen-bond acceptors (Lipinski definition) is 18. The molecule has 0 radical (unpaired) electrons. The molecule has 0 aromatic carbocycles. The molecule has 2 fully saturated rings. The zero-order chi connectivity index (χ0) is 32.9. The van der Waals surface area contributed by atoms with Crippen molar-refractivity contribution in [2.75, 3.05) is 36.8 Å². The highest BCUT2D eigenvalue weighted by molar-refractivity contribution is 7.47. The van der Waals surface area contributed by atoms with Crippen LogP contribution in [0.2, 0.25) is 0 Å². The summed E-state index contributed by atoms with van der Waals surface area (Å²) in [6, 6.07) is 0. The predicted molar refractivity (Wildman–Crippen MR) is 151 cm³/mol. The lowest BCUT2D eigenvalue weighted by Crippen LogP contribution is -2.37. The number of ether oxygens (including phenoxy) is 3. The van der Waals surface area contributed by atoms with Crippen molar-refractivity contribution in [2.24, 2.45) is 0 Å². The lowest BCUT2D eigenvalue weighted by molar-refractivity contribution is -0.0648. The topological polar surface area (TPSA) is 326 Å². The van der Waals surface area contributed by atoms with E-state index in [9.17, 15) is 29.1 Å². The molecule has 6 rings (SSSR count). The van der Waals surface area contributed by atoms with Gasteiger partial charge >= 0.3 is 7.82 Å². The van der Waals surface area contributed by atoms with Crippen LogP contribution in [0.5, 0.6) is 0 Å². The smallest absolute Gasteiger partial charge is 0.394 e. The fourth-order valence-electron chi connectivity index (χ4n) is 5.19. The van der Waals surface area contributed by atoms with Crippen molar-refractivity contribution in [3.05, 3.63) is 19.0 Å². The molecule has 22 nitrogen and oxygen atoms in total. The molecule has 25 heteroatoms. The van der Waals surface area contributed by atoms with Gasteiger partial charge in [0.1, 0.15) is 54.2 Å². The van der Waals surface area contributed by atoms with E-state index in [1.54, 1.807) is 0 Å². The summed E-state index contributed by atoms with van der Waals surface area (Å²) in [5.74, 6) is -0.287. The van der Waals surface area contributed by atoms with Crippen molar-refractivity contribution < 1.29 is 56.8 Å². The van der Waals surface area contributed by atoms with E-state index in [1.165, 1.54) is 10.9 Å². The Morgan fingerprint density at radius 3 is 2.35 bits per heavy atom. The second-order valence-corrected chi connectivity index (χ2v) is 12.6. The van der Waals surface area contributed by atoms with Crippen molar-refractivity contribution in [1.29, 1.82) is 0 Å². The number of nitrogens with two attached hydrogens (primary N) is 3. The Bertz CT molecular complexity index is 1820. The quantitative estimate of drug-likeness (QED) is 0.0854. The van der Waals surface area contributed by atoms with Crippen molar-refractivity contribution in [2.45, 2.75) is 49.1 Å². The van der Waals surface area contributed by atoms with Gasteiger partial charge in [-0.3, -0.25) is 22.7 Å². The number of aliphatic hydroxyl groups excluding tert-OH is 2. The maximum atomic E-state index is 15.4. The van der Waals surface area contributed by atoms with E-state index in [4.69, 9.17) is 40.5 Å². The molecule has 6 heterocycles. The Kier molecular flexibility index (Phi) is 8.91. The second kappa shape index (κ2) is 12.6. The summed E-state index contributed by atoms with van der Waals surface area (Å²) >= 11 is 0. The van der Waals surface area contributed by atoms with Gasteiger partial charge in [-0.05, 0) is 0 Å². The summed E-state index contributed by atoms with van der Waals surface area (Å²) in [5, 5.41) is 20.7. The van der Waals surface area contributed by atoms with E-state index in [2.05, 4.69) is 29.9 Å². The maximum Gasteiger partial charge on any atom is 0.472 e. The van der Waals surface area contributed by atoms with Crippen LogP contribution in [0.3, 0.4) is 0 Å². The predicted octanol–water partition coefficient (Wildman–Crippen LogP) is -1.79. The molecule has 0 aliphatic carbocycles. The van der Waals surface area contributed by atoms with Crippen LogP contribution < -0.4 is 17.2 Å². The van der Waals surface area contributed by atoms with Crippen LogP contribution in [0.25, 0.3) is 22.3 Å². The SMILES string of the molecule is Nc1nc(N)c2ncn([C@@H]3O[C@H](CO)C(F)C3OP(=O)(O)OC[C@H]3O[C@@H](n4cnc5c(N)ncnc54)C(O)C3OC[PH](=O)O)c2n1. The normalized spacial score (nSPS) is 30.3. The Balaban J connectivity index is 1.22. The largest absolute Gasteiger partial charge is 0.472 e. The number of alkyl halides is 1. The van der Waals surface area contributed by atoms with E-state index >= 15 is 4.39 Å². The third kappa shape index (κ3) is 6.02. The van der Waals surface area contributed by atoms with Crippen LogP contribution in [0.1, 0.15) is 12.5 Å². The zero-order valence-electron chi connectivity index (χ0n) is 23.3. The summed E-state index contributed by atoms with van der Waals surface area (Å²) < 4.78 is 69.6. The first kappa shape index (κ1) is 32.5. The molecule has 4 aromatic rings. The van der Waals surface area contributed by atoms with Gasteiger partial charge in [0.25, 0.3) is 0 Å². The molecular weight excluding hydrogens is 663 g/mol. The first-order valence-corrected chi connectivity index (χ1v) is 16.4. The van der Waals surface area contributed by atoms with Gasteiger partial charge in [-0.15, -0.1) is 0 Å². The molecule has 2 aliphatic heterocycles. The third-order valence-electron chi connectivity index (χ3n) is 7.21. The lowest BCUT2D eigenvalue weighted by Gasteiger charge is -2.25. The number of nitrogen functional groups attached to an aromatic ring is 3. The summed E-state index contributed by atoms with van der Waals surface area (Å²) in [5.41, 5.74) is 17.8. The number of fused-ring (bicyclic) bond motifs is 2. The number of phosphoric ester groups is 1. The number of phosphoric acid groups is 1. The van der Waals surface area contributed by atoms with Gasteiger partial charge < -0.3 is 51.4 Å². The average Bonchev–Trinajstić information content (AvgIpc) is 3.76. The number of rotatable bonds is 11. The molecule has 0 saturated carbocycles. The lowest BCUT2D eigenvalue weighted by atomic mass is 10.1. The number of hydrogen-bond donors (Lipinski definition) is 7. The monoisotopic (exact) mass is 691 g/mol. The fourth-order valence-corrected chi connectivity index (χ4v) is 6.44. The Labute approximate surface area is 256 Å². The fraction of sp³-hybridized carbons (Fsp3) is 0.524. The zero-order valence-corrected chi connectivity index (χ0v) is 25.1. The molecule has 0 spiro atoms. The molecule has 2 aliphatic rings. The van der Waals surface area contributed by atoms with Crippen LogP contribution in [0.15, 0.2) is 19.0 Å². The molecule has 2 saturated heterocycles. The van der Waals surface area contributed by atoms with Gasteiger partial charge in [-0.1, -0.05) is 0 Å². The number of halogens is 1. The molecular formula is C21H28FN11O11P2. The third-order valence-corrected chi connectivity index (χ3v) is 8.61. The van der Waals surface area contributed by atoms with Crippen molar-refractivity contribution in [3.63, 3.8) is 0 Å². The Hall–Kier alpha value is -3.47. The molecule has 4 aromatic heterocycles. The van der Waals surface area contributed by atoms with Crippen LogP contribution in [0, 0.1) is 0 Å². The number of aromatic nitrogens is 8. The van der Waals surface area contributed by atoms with Crippen LogP contribution in [-0.4, -0.2) is 115 Å². The van der Waals surface area contributed by atoms with Gasteiger partial charge in [-0.2, -0.15) is 9.97 Å². The number of nitrogens with zero attached hydrogens (tertiary/aromatic N) is 8. The number of aliphatic hydroxyl groups is 2. The first-order chi connectivity index (χ1) is 21.9. The summed E-state index contributed by atoms with van der Waals surface area (Å²) in [4.78, 5) is 43.9. The molecule has 0 amide bonds. The van der Waals surface area contributed by atoms with Gasteiger partial charge in [0, 0.05) is 0 Å². The van der Waals surface area contributed by atoms with E-state index < -0.39 is 84.6 Å². The van der Waals surface area contributed by atoms with Gasteiger partial charge in [0.05, 0.1) is 25.9 Å². The van der Waals surface area contributed by atoms with Gasteiger partial charge in [0.15, 0.2) is 41.6 Å². The van der Waals surface area contributed by atoms with Crippen molar-refractivity contribution in [1.82, 2.24) is 39.0 Å². The maximum absolute atomic E-state index is 15.4. The first-order valence-electron chi connectivity index (χ1n) is 13.3. The molecule has 250 valence electrons.